The van der Waals surface area contributed by atoms with Crippen LogP contribution in [-0.2, 0) is 4.79 Å². The molecule has 1 fully saturated rings. The molecule has 0 bridgehead atoms. The van der Waals surface area contributed by atoms with Crippen molar-refractivity contribution in [2.45, 2.75) is 38.1 Å². The number of fused-ring (bicyclic) bond motifs is 1. The third-order valence-corrected chi connectivity index (χ3v) is 4.73. The Hall–Kier alpha value is -2.36. The molecular formula is C19H22N2O2. The molecule has 2 aromatic rings. The highest BCUT2D eigenvalue weighted by molar-refractivity contribution is 6.00. The average molecular weight is 310 g/mol. The van der Waals surface area contributed by atoms with Crippen molar-refractivity contribution in [2.24, 2.45) is 11.7 Å². The van der Waals surface area contributed by atoms with Gasteiger partial charge < -0.3 is 11.1 Å². The van der Waals surface area contributed by atoms with E-state index in [-0.39, 0.29) is 11.8 Å². The first-order valence-electron chi connectivity index (χ1n) is 8.24. The summed E-state index contributed by atoms with van der Waals surface area (Å²) in [6.45, 7) is 0. The van der Waals surface area contributed by atoms with Gasteiger partial charge in [-0.25, -0.2) is 0 Å². The molecule has 4 nitrogen and oxygen atoms in total. The molecule has 3 rings (SSSR count). The van der Waals surface area contributed by atoms with E-state index in [1.54, 1.807) is 6.07 Å². The molecule has 1 saturated carbocycles. The van der Waals surface area contributed by atoms with Crippen molar-refractivity contribution >= 4 is 22.6 Å². The van der Waals surface area contributed by atoms with Crippen LogP contribution < -0.4 is 11.1 Å². The van der Waals surface area contributed by atoms with E-state index < -0.39 is 11.9 Å². The van der Waals surface area contributed by atoms with E-state index in [1.165, 1.54) is 6.42 Å². The van der Waals surface area contributed by atoms with E-state index in [1.807, 2.05) is 36.4 Å². The Morgan fingerprint density at radius 2 is 1.70 bits per heavy atom. The van der Waals surface area contributed by atoms with Crippen molar-refractivity contribution < 1.29 is 9.59 Å². The molecule has 1 aliphatic carbocycles. The van der Waals surface area contributed by atoms with Gasteiger partial charge in [0.05, 0.1) is 0 Å². The Morgan fingerprint density at radius 3 is 2.39 bits per heavy atom. The summed E-state index contributed by atoms with van der Waals surface area (Å²) in [6.07, 6.45) is 5.29. The lowest BCUT2D eigenvalue weighted by Crippen LogP contribution is -2.49. The number of nitrogens with two attached hydrogens (primary N) is 1. The fourth-order valence-corrected chi connectivity index (χ4v) is 3.44. The van der Waals surface area contributed by atoms with Crippen molar-refractivity contribution in [1.82, 2.24) is 5.32 Å². The zero-order chi connectivity index (χ0) is 16.2. The molecule has 2 aromatic carbocycles. The third kappa shape index (κ3) is 3.52. The van der Waals surface area contributed by atoms with Crippen LogP contribution in [0, 0.1) is 5.92 Å². The minimum Gasteiger partial charge on any atom is -0.368 e. The summed E-state index contributed by atoms with van der Waals surface area (Å²) in [5, 5.41) is 4.95. The van der Waals surface area contributed by atoms with Crippen molar-refractivity contribution in [3.63, 3.8) is 0 Å². The molecule has 1 atom stereocenters. The maximum absolute atomic E-state index is 12.5. The van der Waals surface area contributed by atoms with Crippen LogP contribution in [0.3, 0.4) is 0 Å². The SMILES string of the molecule is NC(=O)[C@@H](NC(=O)c1ccc2ccccc2c1)C1CCCCC1. The zero-order valence-electron chi connectivity index (χ0n) is 13.1. The molecule has 120 valence electrons. The summed E-state index contributed by atoms with van der Waals surface area (Å²) in [5.41, 5.74) is 6.09. The maximum atomic E-state index is 12.5. The molecule has 1 aliphatic rings. The highest BCUT2D eigenvalue weighted by Crippen LogP contribution is 2.26. The first-order valence-corrected chi connectivity index (χ1v) is 8.24. The number of carbonyl (C=O) groups excluding carboxylic acids is 2. The number of carbonyl (C=O) groups is 2. The van der Waals surface area contributed by atoms with Gasteiger partial charge in [-0.1, -0.05) is 49.6 Å². The summed E-state index contributed by atoms with van der Waals surface area (Å²) >= 11 is 0. The second-order valence-corrected chi connectivity index (χ2v) is 6.31. The van der Waals surface area contributed by atoms with Gasteiger partial charge in [0.15, 0.2) is 0 Å². The predicted molar refractivity (Wildman–Crippen MR) is 91.0 cm³/mol. The van der Waals surface area contributed by atoms with Gasteiger partial charge >= 0.3 is 0 Å². The molecule has 0 aliphatic heterocycles. The molecule has 0 aromatic heterocycles. The Kier molecular flexibility index (Phi) is 4.60. The highest BCUT2D eigenvalue weighted by Gasteiger charge is 2.29. The minimum atomic E-state index is -0.575. The lowest BCUT2D eigenvalue weighted by Gasteiger charge is -2.28. The van der Waals surface area contributed by atoms with Gasteiger partial charge in [0.1, 0.15) is 6.04 Å². The van der Waals surface area contributed by atoms with Gasteiger partial charge in [-0.05, 0) is 41.7 Å². The Morgan fingerprint density at radius 1 is 1.00 bits per heavy atom. The maximum Gasteiger partial charge on any atom is 0.251 e. The van der Waals surface area contributed by atoms with Crippen LogP contribution in [0.15, 0.2) is 42.5 Å². The molecule has 0 heterocycles. The molecule has 4 heteroatoms. The van der Waals surface area contributed by atoms with Crippen LogP contribution in [0.4, 0.5) is 0 Å². The van der Waals surface area contributed by atoms with Crippen molar-refractivity contribution in [3.8, 4) is 0 Å². The Bertz CT molecular complexity index is 720. The van der Waals surface area contributed by atoms with E-state index in [9.17, 15) is 9.59 Å². The van der Waals surface area contributed by atoms with Crippen molar-refractivity contribution in [2.75, 3.05) is 0 Å². The number of primary amides is 1. The number of amides is 2. The lowest BCUT2D eigenvalue weighted by atomic mass is 9.83. The van der Waals surface area contributed by atoms with Crippen LogP contribution in [0.2, 0.25) is 0 Å². The molecule has 0 saturated heterocycles. The second-order valence-electron chi connectivity index (χ2n) is 6.31. The van der Waals surface area contributed by atoms with Gasteiger partial charge in [0.25, 0.3) is 5.91 Å². The standard InChI is InChI=1S/C19H22N2O2/c20-18(22)17(14-7-2-1-3-8-14)21-19(23)16-11-10-13-6-4-5-9-15(13)12-16/h4-6,9-12,14,17H,1-3,7-8H2,(H2,20,22)(H,21,23)/t17-/m0/s1. The van der Waals surface area contributed by atoms with Gasteiger partial charge in [-0.15, -0.1) is 0 Å². The van der Waals surface area contributed by atoms with Crippen molar-refractivity contribution in [1.29, 1.82) is 0 Å². The largest absolute Gasteiger partial charge is 0.368 e. The average Bonchev–Trinajstić information content (AvgIpc) is 2.59. The molecule has 23 heavy (non-hydrogen) atoms. The van der Waals surface area contributed by atoms with E-state index in [2.05, 4.69) is 5.32 Å². The number of nitrogens with one attached hydrogen (secondary N) is 1. The quantitative estimate of drug-likeness (QED) is 0.911. The van der Waals surface area contributed by atoms with Crippen LogP contribution in [0.5, 0.6) is 0 Å². The van der Waals surface area contributed by atoms with Crippen LogP contribution in [-0.4, -0.2) is 17.9 Å². The summed E-state index contributed by atoms with van der Waals surface area (Å²) in [6, 6.07) is 12.9. The van der Waals surface area contributed by atoms with Crippen LogP contribution in [0.25, 0.3) is 10.8 Å². The number of benzene rings is 2. The minimum absolute atomic E-state index is 0.158. The fourth-order valence-electron chi connectivity index (χ4n) is 3.44. The number of hydrogen-bond donors (Lipinski definition) is 2. The van der Waals surface area contributed by atoms with Gasteiger partial charge in [-0.2, -0.15) is 0 Å². The van der Waals surface area contributed by atoms with Gasteiger partial charge in [0, 0.05) is 5.56 Å². The molecule has 0 radical (unpaired) electrons. The second kappa shape index (κ2) is 6.82. The Labute approximate surface area is 136 Å². The molecular weight excluding hydrogens is 288 g/mol. The smallest absolute Gasteiger partial charge is 0.251 e. The monoisotopic (exact) mass is 310 g/mol. The van der Waals surface area contributed by atoms with Gasteiger partial charge in [-0.3, -0.25) is 9.59 Å². The van der Waals surface area contributed by atoms with E-state index in [4.69, 9.17) is 5.73 Å². The summed E-state index contributed by atoms with van der Waals surface area (Å²) in [7, 11) is 0. The first-order chi connectivity index (χ1) is 11.1. The first kappa shape index (κ1) is 15.5. The van der Waals surface area contributed by atoms with Gasteiger partial charge in [0.2, 0.25) is 5.91 Å². The topological polar surface area (TPSA) is 72.2 Å². The molecule has 0 unspecified atom stereocenters. The summed E-state index contributed by atoms with van der Waals surface area (Å²) in [4.78, 5) is 24.3. The summed E-state index contributed by atoms with van der Waals surface area (Å²) in [5.74, 6) is -0.512. The van der Waals surface area contributed by atoms with E-state index >= 15 is 0 Å². The number of hydrogen-bond acceptors (Lipinski definition) is 2. The normalized spacial score (nSPS) is 16.9. The van der Waals surface area contributed by atoms with E-state index in [0.717, 1.165) is 36.5 Å². The molecule has 2 amide bonds. The molecule has 3 N–H and O–H groups in total. The highest BCUT2D eigenvalue weighted by atomic mass is 16.2. The lowest BCUT2D eigenvalue weighted by molar-refractivity contribution is -0.121. The fraction of sp³-hybridized carbons (Fsp3) is 0.368. The van der Waals surface area contributed by atoms with Crippen molar-refractivity contribution in [3.05, 3.63) is 48.0 Å². The predicted octanol–water partition coefficient (Wildman–Crippen LogP) is 3.00. The van der Waals surface area contributed by atoms with E-state index in [0.29, 0.717) is 5.56 Å². The zero-order valence-corrected chi connectivity index (χ0v) is 13.1. The molecule has 0 spiro atoms. The third-order valence-electron chi connectivity index (χ3n) is 4.73. The van der Waals surface area contributed by atoms with Crippen LogP contribution in [0.1, 0.15) is 42.5 Å². The number of rotatable bonds is 4. The Balaban J connectivity index is 1.78. The summed E-state index contributed by atoms with van der Waals surface area (Å²) < 4.78 is 0. The van der Waals surface area contributed by atoms with Crippen LogP contribution >= 0.6 is 0 Å².